The molecular formula is C20H23N2O3P. The monoisotopic (exact) mass is 370 g/mol. The lowest BCUT2D eigenvalue weighted by atomic mass is 10.3. The first-order valence-electron chi connectivity index (χ1n) is 8.69. The van der Waals surface area contributed by atoms with Crippen LogP contribution in [0.15, 0.2) is 72.1 Å². The Balaban J connectivity index is 2.07. The van der Waals surface area contributed by atoms with Crippen molar-refractivity contribution in [2.24, 2.45) is 0 Å². The molecule has 6 heteroatoms. The number of nitrogens with zero attached hydrogens (tertiary/aromatic N) is 2. The van der Waals surface area contributed by atoms with E-state index in [0.29, 0.717) is 18.4 Å². The number of rotatable bonds is 5. The normalized spacial score (nSPS) is 16.6. The second kappa shape index (κ2) is 7.79. The molecule has 1 aliphatic heterocycles. The first-order valence-corrected chi connectivity index (χ1v) is 10.3. The van der Waals surface area contributed by atoms with E-state index in [1.807, 2.05) is 70.0 Å². The zero-order chi connectivity index (χ0) is 18.6. The molecule has 1 heterocycles. The van der Waals surface area contributed by atoms with Gasteiger partial charge in [0.25, 0.3) is 7.44 Å². The van der Waals surface area contributed by atoms with E-state index in [0.717, 1.165) is 11.4 Å². The van der Waals surface area contributed by atoms with Gasteiger partial charge in [0.1, 0.15) is 0 Å². The van der Waals surface area contributed by atoms with Crippen LogP contribution in [-0.2, 0) is 14.1 Å². The van der Waals surface area contributed by atoms with E-state index in [1.54, 1.807) is 13.8 Å². The summed E-state index contributed by atoms with van der Waals surface area (Å²) in [6.07, 6.45) is 1.36. The fourth-order valence-corrected chi connectivity index (χ4v) is 6.09. The zero-order valence-corrected chi connectivity index (χ0v) is 15.9. The van der Waals surface area contributed by atoms with Crippen LogP contribution in [0.1, 0.15) is 13.8 Å². The second-order valence-electron chi connectivity index (χ2n) is 6.00. The van der Waals surface area contributed by atoms with Crippen LogP contribution >= 0.6 is 7.44 Å². The highest BCUT2D eigenvalue weighted by Gasteiger charge is 2.45. The maximum Gasteiger partial charge on any atom is 0.331 e. The summed E-state index contributed by atoms with van der Waals surface area (Å²) in [5, 5.41) is 0.515. The summed E-state index contributed by atoms with van der Waals surface area (Å²) in [5.74, 6) is -0.465. The maximum absolute atomic E-state index is 14.3. The predicted molar refractivity (Wildman–Crippen MR) is 106 cm³/mol. The molecule has 3 rings (SSSR count). The van der Waals surface area contributed by atoms with E-state index in [2.05, 4.69) is 0 Å². The number of carbonyl (C=O) groups is 1. The number of hydrogen-bond donors (Lipinski definition) is 0. The van der Waals surface area contributed by atoms with Crippen molar-refractivity contribution in [2.75, 3.05) is 29.0 Å². The van der Waals surface area contributed by atoms with Crippen LogP contribution in [-0.4, -0.2) is 25.7 Å². The average molecular weight is 370 g/mol. The van der Waals surface area contributed by atoms with Crippen LogP contribution in [0, 0.1) is 0 Å². The minimum Gasteiger partial charge on any atom is -0.463 e. The highest BCUT2D eigenvalue weighted by Crippen LogP contribution is 2.65. The molecule has 0 aromatic heterocycles. The number of anilines is 2. The van der Waals surface area contributed by atoms with Gasteiger partial charge in [-0.05, 0) is 38.1 Å². The molecule has 0 radical (unpaired) electrons. The Kier molecular flexibility index (Phi) is 5.48. The van der Waals surface area contributed by atoms with E-state index in [9.17, 15) is 9.36 Å². The van der Waals surface area contributed by atoms with Crippen molar-refractivity contribution >= 4 is 24.8 Å². The molecule has 136 valence electrons. The Morgan fingerprint density at radius 3 is 1.88 bits per heavy atom. The Bertz CT molecular complexity index is 785. The van der Waals surface area contributed by atoms with Crippen molar-refractivity contribution in [3.63, 3.8) is 0 Å². The van der Waals surface area contributed by atoms with E-state index in [4.69, 9.17) is 4.74 Å². The lowest BCUT2D eigenvalue weighted by Crippen LogP contribution is -2.20. The van der Waals surface area contributed by atoms with Crippen molar-refractivity contribution in [1.82, 2.24) is 0 Å². The molecule has 0 unspecified atom stereocenters. The van der Waals surface area contributed by atoms with Gasteiger partial charge in [-0.25, -0.2) is 4.79 Å². The smallest absolute Gasteiger partial charge is 0.331 e. The molecule has 1 fully saturated rings. The van der Waals surface area contributed by atoms with Gasteiger partial charge in [-0.15, -0.1) is 0 Å². The number of para-hydroxylation sites is 2. The highest BCUT2D eigenvalue weighted by atomic mass is 31.2. The lowest BCUT2D eigenvalue weighted by molar-refractivity contribution is -0.137. The lowest BCUT2D eigenvalue weighted by Gasteiger charge is -2.33. The molecule has 0 bridgehead atoms. The summed E-state index contributed by atoms with van der Waals surface area (Å²) in [7, 11) is -3.18. The quantitative estimate of drug-likeness (QED) is 0.435. The minimum atomic E-state index is -3.18. The van der Waals surface area contributed by atoms with Crippen molar-refractivity contribution in [3.8, 4) is 0 Å². The van der Waals surface area contributed by atoms with Gasteiger partial charge in [0, 0.05) is 35.9 Å². The molecule has 0 aliphatic carbocycles. The van der Waals surface area contributed by atoms with Gasteiger partial charge in [-0.1, -0.05) is 36.4 Å². The Labute approximate surface area is 154 Å². The molecule has 2 aromatic carbocycles. The molecule has 26 heavy (non-hydrogen) atoms. The molecule has 1 saturated heterocycles. The molecule has 0 saturated carbocycles. The predicted octanol–water partition coefficient (Wildman–Crippen LogP) is 4.67. The largest absolute Gasteiger partial charge is 0.463 e. The Morgan fingerprint density at radius 1 is 1.00 bits per heavy atom. The zero-order valence-electron chi connectivity index (χ0n) is 15.0. The van der Waals surface area contributed by atoms with Crippen LogP contribution in [0.5, 0.6) is 0 Å². The van der Waals surface area contributed by atoms with E-state index >= 15 is 0 Å². The van der Waals surface area contributed by atoms with Crippen molar-refractivity contribution in [1.29, 1.82) is 0 Å². The third-order valence-corrected chi connectivity index (χ3v) is 7.58. The molecule has 0 amide bonds. The minimum absolute atomic E-state index is 0.289. The van der Waals surface area contributed by atoms with Crippen molar-refractivity contribution in [3.05, 3.63) is 72.1 Å². The highest BCUT2D eigenvalue weighted by molar-refractivity contribution is 7.71. The summed E-state index contributed by atoms with van der Waals surface area (Å²) in [6, 6.07) is 19.3. The van der Waals surface area contributed by atoms with Crippen LogP contribution in [0.3, 0.4) is 0 Å². The van der Waals surface area contributed by atoms with Gasteiger partial charge in [0.05, 0.1) is 6.61 Å². The van der Waals surface area contributed by atoms with E-state index in [1.165, 1.54) is 6.08 Å². The van der Waals surface area contributed by atoms with Crippen molar-refractivity contribution < 1.29 is 14.1 Å². The Morgan fingerprint density at radius 2 is 1.46 bits per heavy atom. The Hall–Kier alpha value is -2.52. The second-order valence-corrected chi connectivity index (χ2v) is 8.76. The summed E-state index contributed by atoms with van der Waals surface area (Å²) in [6.45, 7) is 5.02. The van der Waals surface area contributed by atoms with Crippen LogP contribution < -0.4 is 9.34 Å². The van der Waals surface area contributed by atoms with Crippen LogP contribution in [0.2, 0.25) is 0 Å². The van der Waals surface area contributed by atoms with Crippen LogP contribution in [0.25, 0.3) is 0 Å². The number of ether oxygens (including phenoxy) is 1. The molecule has 5 nitrogen and oxygen atoms in total. The topological polar surface area (TPSA) is 49.9 Å². The standard InChI is InChI=1S/C20H23N2O3P/c1-3-25-20(23)16-17(2)26(24)21(18-10-6-4-7-11-18)14-15-22(26)19-12-8-5-9-13-19/h4-13,16H,3,14-15H2,1-2H3/b17-16+. The number of carbonyl (C=O) groups excluding carboxylic acids is 1. The molecular weight excluding hydrogens is 347 g/mol. The average Bonchev–Trinajstić information content (AvgIpc) is 3.02. The van der Waals surface area contributed by atoms with Gasteiger partial charge in [0.15, 0.2) is 0 Å². The molecule has 1 aliphatic rings. The summed E-state index contributed by atoms with van der Waals surface area (Å²) in [5.41, 5.74) is 1.76. The first-order chi connectivity index (χ1) is 12.6. The number of benzene rings is 2. The van der Waals surface area contributed by atoms with Gasteiger partial charge >= 0.3 is 5.97 Å². The van der Waals surface area contributed by atoms with Gasteiger partial charge in [0.2, 0.25) is 0 Å². The van der Waals surface area contributed by atoms with E-state index < -0.39 is 13.4 Å². The molecule has 0 spiro atoms. The molecule has 0 atom stereocenters. The number of hydrogen-bond acceptors (Lipinski definition) is 3. The third-order valence-electron chi connectivity index (χ3n) is 4.36. The SMILES string of the molecule is CCOC(=O)/C=C(\C)P1(=O)N(c2ccccc2)CCN1c1ccccc1. The number of esters is 1. The van der Waals surface area contributed by atoms with Crippen molar-refractivity contribution in [2.45, 2.75) is 13.8 Å². The van der Waals surface area contributed by atoms with Gasteiger partial charge in [-0.2, -0.15) is 0 Å². The fourth-order valence-electron chi connectivity index (χ4n) is 3.18. The summed E-state index contributed by atoms with van der Waals surface area (Å²) in [4.78, 5) is 12.0. The summed E-state index contributed by atoms with van der Waals surface area (Å²) >= 11 is 0. The fraction of sp³-hybridized carbons (Fsp3) is 0.250. The third kappa shape index (κ3) is 3.40. The van der Waals surface area contributed by atoms with E-state index in [-0.39, 0.29) is 6.61 Å². The summed E-state index contributed by atoms with van der Waals surface area (Å²) < 4.78 is 23.1. The first kappa shape index (κ1) is 18.3. The molecule has 2 aromatic rings. The van der Waals surface area contributed by atoms with Crippen LogP contribution in [0.4, 0.5) is 11.4 Å². The number of allylic oxidation sites excluding steroid dienone is 1. The van der Waals surface area contributed by atoms with Gasteiger partial charge in [-0.3, -0.25) is 4.57 Å². The van der Waals surface area contributed by atoms with Gasteiger partial charge < -0.3 is 14.1 Å². The maximum atomic E-state index is 14.3. The molecule has 0 N–H and O–H groups in total.